The molecule has 0 aliphatic carbocycles. The lowest BCUT2D eigenvalue weighted by atomic mass is 10.3. The standard InChI is InChI=1S/C13H24N4O/c18-13(12-17-10-4-6-15-17)11-14-5-3-9-16-7-1-2-8-16/h4,6,10,13-14,18H,1-3,5,7-9,11-12H2. The fraction of sp³-hybridized carbons (Fsp3) is 0.769. The molecule has 0 amide bonds. The van der Waals surface area contributed by atoms with Crippen molar-refractivity contribution >= 4 is 0 Å². The van der Waals surface area contributed by atoms with Crippen LogP contribution in [0, 0.1) is 0 Å². The minimum atomic E-state index is -0.364. The van der Waals surface area contributed by atoms with Gasteiger partial charge in [0.25, 0.3) is 0 Å². The Hall–Kier alpha value is -0.910. The van der Waals surface area contributed by atoms with Crippen molar-refractivity contribution in [3.8, 4) is 0 Å². The average molecular weight is 252 g/mol. The maximum absolute atomic E-state index is 9.80. The molecule has 0 radical (unpaired) electrons. The van der Waals surface area contributed by atoms with Gasteiger partial charge in [0.15, 0.2) is 0 Å². The molecule has 2 heterocycles. The molecule has 1 aromatic heterocycles. The van der Waals surface area contributed by atoms with E-state index in [-0.39, 0.29) is 6.10 Å². The molecular formula is C13H24N4O. The van der Waals surface area contributed by atoms with Crippen LogP contribution in [0.5, 0.6) is 0 Å². The first-order valence-corrected chi connectivity index (χ1v) is 6.93. The molecule has 1 aliphatic heterocycles. The van der Waals surface area contributed by atoms with E-state index in [9.17, 15) is 5.11 Å². The molecular weight excluding hydrogens is 228 g/mol. The van der Waals surface area contributed by atoms with Gasteiger partial charge in [-0.2, -0.15) is 5.10 Å². The molecule has 0 aromatic carbocycles. The number of aliphatic hydroxyl groups is 1. The summed E-state index contributed by atoms with van der Waals surface area (Å²) in [5.41, 5.74) is 0. The first-order valence-electron chi connectivity index (χ1n) is 6.93. The van der Waals surface area contributed by atoms with Gasteiger partial charge in [-0.3, -0.25) is 4.68 Å². The van der Waals surface area contributed by atoms with Crippen LogP contribution < -0.4 is 5.32 Å². The van der Waals surface area contributed by atoms with Crippen molar-refractivity contribution < 1.29 is 5.11 Å². The third-order valence-corrected chi connectivity index (χ3v) is 3.36. The number of hydrogen-bond donors (Lipinski definition) is 2. The summed E-state index contributed by atoms with van der Waals surface area (Å²) >= 11 is 0. The van der Waals surface area contributed by atoms with Crippen LogP contribution in [0.4, 0.5) is 0 Å². The molecule has 1 aromatic rings. The molecule has 0 spiro atoms. The fourth-order valence-electron chi connectivity index (χ4n) is 2.39. The van der Waals surface area contributed by atoms with Crippen LogP contribution in [0.25, 0.3) is 0 Å². The molecule has 1 unspecified atom stereocenters. The highest BCUT2D eigenvalue weighted by Crippen LogP contribution is 2.06. The van der Waals surface area contributed by atoms with E-state index in [0.717, 1.165) is 13.0 Å². The number of aliphatic hydroxyl groups excluding tert-OH is 1. The normalized spacial score (nSPS) is 18.3. The average Bonchev–Trinajstić information content (AvgIpc) is 3.01. The zero-order valence-electron chi connectivity index (χ0n) is 11.0. The number of nitrogens with one attached hydrogen (secondary N) is 1. The predicted molar refractivity (Wildman–Crippen MR) is 71.4 cm³/mol. The second-order valence-electron chi connectivity index (χ2n) is 4.99. The lowest BCUT2D eigenvalue weighted by molar-refractivity contribution is 0.146. The zero-order valence-corrected chi connectivity index (χ0v) is 11.0. The van der Waals surface area contributed by atoms with Gasteiger partial charge >= 0.3 is 0 Å². The van der Waals surface area contributed by atoms with Crippen LogP contribution in [-0.2, 0) is 6.54 Å². The summed E-state index contributed by atoms with van der Waals surface area (Å²) in [4.78, 5) is 2.52. The maximum Gasteiger partial charge on any atom is 0.0860 e. The molecule has 18 heavy (non-hydrogen) atoms. The van der Waals surface area contributed by atoms with E-state index < -0.39 is 0 Å². The van der Waals surface area contributed by atoms with Crippen molar-refractivity contribution in [2.45, 2.75) is 31.9 Å². The Morgan fingerprint density at radius 3 is 2.89 bits per heavy atom. The highest BCUT2D eigenvalue weighted by atomic mass is 16.3. The summed E-state index contributed by atoms with van der Waals surface area (Å²) < 4.78 is 1.76. The molecule has 5 heteroatoms. The van der Waals surface area contributed by atoms with E-state index in [4.69, 9.17) is 0 Å². The van der Waals surface area contributed by atoms with Crippen molar-refractivity contribution in [3.63, 3.8) is 0 Å². The Bertz CT molecular complexity index is 309. The fourth-order valence-corrected chi connectivity index (χ4v) is 2.39. The number of hydrogen-bond acceptors (Lipinski definition) is 4. The van der Waals surface area contributed by atoms with Gasteiger partial charge in [0.2, 0.25) is 0 Å². The number of nitrogens with zero attached hydrogens (tertiary/aromatic N) is 3. The maximum atomic E-state index is 9.80. The van der Waals surface area contributed by atoms with E-state index in [1.54, 1.807) is 10.9 Å². The third kappa shape index (κ3) is 4.76. The van der Waals surface area contributed by atoms with Gasteiger partial charge < -0.3 is 15.3 Å². The Morgan fingerprint density at radius 2 is 2.17 bits per heavy atom. The molecule has 0 bridgehead atoms. The smallest absolute Gasteiger partial charge is 0.0860 e. The van der Waals surface area contributed by atoms with Gasteiger partial charge in [0, 0.05) is 18.9 Å². The molecule has 1 fully saturated rings. The molecule has 1 saturated heterocycles. The van der Waals surface area contributed by atoms with E-state index in [2.05, 4.69) is 15.3 Å². The van der Waals surface area contributed by atoms with Gasteiger partial charge in [0.05, 0.1) is 12.6 Å². The molecule has 1 atom stereocenters. The highest BCUT2D eigenvalue weighted by Gasteiger charge is 2.10. The van der Waals surface area contributed by atoms with Gasteiger partial charge in [-0.15, -0.1) is 0 Å². The van der Waals surface area contributed by atoms with Crippen molar-refractivity contribution in [2.24, 2.45) is 0 Å². The van der Waals surface area contributed by atoms with Crippen molar-refractivity contribution in [3.05, 3.63) is 18.5 Å². The van der Waals surface area contributed by atoms with Crippen LogP contribution in [-0.4, -0.2) is 58.6 Å². The first kappa shape index (κ1) is 13.5. The highest BCUT2D eigenvalue weighted by molar-refractivity contribution is 4.78. The second kappa shape index (κ2) is 7.51. The Kier molecular flexibility index (Phi) is 5.64. The molecule has 2 rings (SSSR count). The van der Waals surface area contributed by atoms with Gasteiger partial charge in [0.1, 0.15) is 0 Å². The second-order valence-corrected chi connectivity index (χ2v) is 4.99. The van der Waals surface area contributed by atoms with Crippen molar-refractivity contribution in [1.29, 1.82) is 0 Å². The monoisotopic (exact) mass is 252 g/mol. The van der Waals surface area contributed by atoms with Crippen LogP contribution in [0.15, 0.2) is 18.5 Å². The zero-order chi connectivity index (χ0) is 12.6. The van der Waals surface area contributed by atoms with Crippen molar-refractivity contribution in [2.75, 3.05) is 32.7 Å². The van der Waals surface area contributed by atoms with Gasteiger partial charge in [-0.25, -0.2) is 0 Å². The summed E-state index contributed by atoms with van der Waals surface area (Å²) in [5.74, 6) is 0. The summed E-state index contributed by atoms with van der Waals surface area (Å²) in [6.07, 6.45) is 7.12. The summed E-state index contributed by atoms with van der Waals surface area (Å²) in [7, 11) is 0. The molecule has 2 N–H and O–H groups in total. The lowest BCUT2D eigenvalue weighted by Crippen LogP contribution is -2.32. The van der Waals surface area contributed by atoms with E-state index in [1.165, 1.54) is 32.5 Å². The topological polar surface area (TPSA) is 53.3 Å². The largest absolute Gasteiger partial charge is 0.390 e. The number of rotatable bonds is 8. The SMILES string of the molecule is OC(CNCCCN1CCCC1)Cn1cccn1. The molecule has 0 saturated carbocycles. The quantitative estimate of drug-likeness (QED) is 0.654. The summed E-state index contributed by atoms with van der Waals surface area (Å²) in [6.45, 7) is 5.89. The number of likely N-dealkylation sites (tertiary alicyclic amines) is 1. The Morgan fingerprint density at radius 1 is 1.33 bits per heavy atom. The summed E-state index contributed by atoms with van der Waals surface area (Å²) in [6, 6.07) is 1.87. The van der Waals surface area contributed by atoms with E-state index >= 15 is 0 Å². The Balaban J connectivity index is 1.47. The molecule has 5 nitrogen and oxygen atoms in total. The number of aromatic nitrogens is 2. The molecule has 1 aliphatic rings. The van der Waals surface area contributed by atoms with Crippen LogP contribution in [0.1, 0.15) is 19.3 Å². The Labute approximate surface area is 109 Å². The molecule has 102 valence electrons. The third-order valence-electron chi connectivity index (χ3n) is 3.36. The van der Waals surface area contributed by atoms with E-state index in [0.29, 0.717) is 13.1 Å². The lowest BCUT2D eigenvalue weighted by Gasteiger charge is -2.15. The van der Waals surface area contributed by atoms with Crippen LogP contribution in [0.2, 0.25) is 0 Å². The predicted octanol–water partition coefficient (Wildman–Crippen LogP) is 0.320. The van der Waals surface area contributed by atoms with E-state index in [1.807, 2.05) is 12.3 Å². The minimum Gasteiger partial charge on any atom is -0.390 e. The van der Waals surface area contributed by atoms with Crippen LogP contribution >= 0.6 is 0 Å². The summed E-state index contributed by atoms with van der Waals surface area (Å²) in [5, 5.41) is 17.2. The van der Waals surface area contributed by atoms with Gasteiger partial charge in [-0.05, 0) is 51.5 Å². The van der Waals surface area contributed by atoms with Crippen LogP contribution in [0.3, 0.4) is 0 Å². The van der Waals surface area contributed by atoms with Crippen molar-refractivity contribution in [1.82, 2.24) is 20.0 Å². The van der Waals surface area contributed by atoms with Gasteiger partial charge in [-0.1, -0.05) is 0 Å². The first-order chi connectivity index (χ1) is 8.84. The minimum absolute atomic E-state index is 0.364.